The number of hydrogen-bond acceptors (Lipinski definition) is 7. The molecular formula is C13H21N2O6S-. The van der Waals surface area contributed by atoms with Gasteiger partial charge in [-0.1, -0.05) is 6.42 Å². The maximum atomic E-state index is 11.5. The molecule has 0 radical (unpaired) electrons. The summed E-state index contributed by atoms with van der Waals surface area (Å²) in [5, 5.41) is 15.9. The number of ether oxygens (including phenoxy) is 2. The average molecular weight is 333 g/mol. The van der Waals surface area contributed by atoms with E-state index < -0.39 is 18.2 Å². The van der Waals surface area contributed by atoms with Crippen LogP contribution in [-0.2, 0) is 14.3 Å². The number of amides is 2. The van der Waals surface area contributed by atoms with Crippen molar-refractivity contribution in [3.05, 3.63) is 0 Å². The van der Waals surface area contributed by atoms with Crippen molar-refractivity contribution >= 4 is 29.9 Å². The Hall–Kier alpha value is -1.64. The van der Waals surface area contributed by atoms with Gasteiger partial charge in [0.15, 0.2) is 0 Å². The minimum atomic E-state index is -1.06. The number of unbranched alkanes of at least 4 members (excludes halogenated alkanes) is 1. The minimum Gasteiger partial charge on any atom is -0.550 e. The number of alkyl carbamates (subject to hydrolysis) is 2. The van der Waals surface area contributed by atoms with Crippen molar-refractivity contribution in [2.45, 2.75) is 43.0 Å². The highest BCUT2D eigenvalue weighted by Crippen LogP contribution is 2.31. The third-order valence-electron chi connectivity index (χ3n) is 3.40. The molecule has 1 heterocycles. The normalized spacial score (nSPS) is 23.6. The zero-order valence-electron chi connectivity index (χ0n) is 12.6. The van der Waals surface area contributed by atoms with Crippen molar-refractivity contribution in [2.75, 3.05) is 20.0 Å². The molecule has 0 saturated carbocycles. The Bertz CT molecular complexity index is 406. The predicted molar refractivity (Wildman–Crippen MR) is 78.4 cm³/mol. The fourth-order valence-corrected chi connectivity index (χ4v) is 3.85. The second-order valence-corrected chi connectivity index (χ2v) is 6.17. The van der Waals surface area contributed by atoms with Gasteiger partial charge in [-0.2, -0.15) is 11.8 Å². The highest BCUT2D eigenvalue weighted by Gasteiger charge is 2.38. The van der Waals surface area contributed by atoms with Crippen molar-refractivity contribution in [3.63, 3.8) is 0 Å². The van der Waals surface area contributed by atoms with Crippen LogP contribution in [0.3, 0.4) is 0 Å². The molecule has 3 unspecified atom stereocenters. The van der Waals surface area contributed by atoms with Crippen LogP contribution in [-0.4, -0.2) is 55.5 Å². The maximum Gasteiger partial charge on any atom is 0.407 e. The molecule has 0 spiro atoms. The Kier molecular flexibility index (Phi) is 7.86. The number of thioether (sulfide) groups is 1. The number of carbonyl (C=O) groups excluding carboxylic acids is 3. The van der Waals surface area contributed by atoms with Crippen LogP contribution in [0.25, 0.3) is 0 Å². The summed E-state index contributed by atoms with van der Waals surface area (Å²) in [4.78, 5) is 33.2. The van der Waals surface area contributed by atoms with E-state index in [1.54, 1.807) is 11.8 Å². The Balaban J connectivity index is 2.55. The van der Waals surface area contributed by atoms with Crippen molar-refractivity contribution in [2.24, 2.45) is 0 Å². The van der Waals surface area contributed by atoms with Crippen molar-refractivity contribution in [1.82, 2.24) is 10.6 Å². The number of carbonyl (C=O) groups is 3. The van der Waals surface area contributed by atoms with Crippen LogP contribution in [0.5, 0.6) is 0 Å². The summed E-state index contributed by atoms with van der Waals surface area (Å²) >= 11 is 1.62. The van der Waals surface area contributed by atoms with Gasteiger partial charge in [-0.3, -0.25) is 0 Å². The molecule has 3 atom stereocenters. The quantitative estimate of drug-likeness (QED) is 0.623. The fraction of sp³-hybridized carbons (Fsp3) is 0.769. The van der Waals surface area contributed by atoms with Gasteiger partial charge >= 0.3 is 12.2 Å². The zero-order valence-corrected chi connectivity index (χ0v) is 13.4. The van der Waals surface area contributed by atoms with Crippen LogP contribution in [0.1, 0.15) is 25.7 Å². The van der Waals surface area contributed by atoms with E-state index >= 15 is 0 Å². The third-order valence-corrected chi connectivity index (χ3v) is 4.91. The molecule has 1 saturated heterocycles. The van der Waals surface area contributed by atoms with E-state index in [2.05, 4.69) is 20.1 Å². The van der Waals surface area contributed by atoms with Crippen LogP contribution in [0.2, 0.25) is 0 Å². The third kappa shape index (κ3) is 6.00. The Labute approximate surface area is 133 Å². The lowest BCUT2D eigenvalue weighted by Gasteiger charge is -2.25. The van der Waals surface area contributed by atoms with Gasteiger partial charge in [-0.15, -0.1) is 0 Å². The van der Waals surface area contributed by atoms with Crippen molar-refractivity contribution in [3.8, 4) is 0 Å². The molecule has 126 valence electrons. The first-order valence-corrected chi connectivity index (χ1v) is 8.03. The zero-order chi connectivity index (χ0) is 16.5. The first-order valence-electron chi connectivity index (χ1n) is 6.98. The molecule has 1 rings (SSSR count). The smallest absolute Gasteiger partial charge is 0.407 e. The second kappa shape index (κ2) is 9.39. The van der Waals surface area contributed by atoms with Gasteiger partial charge in [0, 0.05) is 17.0 Å². The molecule has 0 aromatic rings. The highest BCUT2D eigenvalue weighted by molar-refractivity contribution is 8.00. The highest BCUT2D eigenvalue weighted by atomic mass is 32.2. The van der Waals surface area contributed by atoms with Gasteiger partial charge < -0.3 is 30.0 Å². The van der Waals surface area contributed by atoms with E-state index in [0.29, 0.717) is 18.6 Å². The van der Waals surface area contributed by atoms with Crippen molar-refractivity contribution < 1.29 is 29.0 Å². The van der Waals surface area contributed by atoms with Crippen LogP contribution in [0.15, 0.2) is 0 Å². The molecule has 1 aliphatic rings. The van der Waals surface area contributed by atoms with Gasteiger partial charge in [0.05, 0.1) is 26.3 Å². The molecule has 9 heteroatoms. The van der Waals surface area contributed by atoms with Gasteiger partial charge in [0.2, 0.25) is 0 Å². The Morgan fingerprint density at radius 2 is 1.77 bits per heavy atom. The van der Waals surface area contributed by atoms with E-state index in [0.717, 1.165) is 6.42 Å². The standard InChI is InChI=1S/C13H22N2O6S/c1-20-12(18)14-8-7-22-9(5-3-4-6-10(16)17)11(8)15-13(19)21-2/h8-9,11H,3-7H2,1-2H3,(H,14,18)(H,15,19)(H,16,17)/p-1. The fourth-order valence-electron chi connectivity index (χ4n) is 2.30. The molecule has 2 N–H and O–H groups in total. The summed E-state index contributed by atoms with van der Waals surface area (Å²) in [7, 11) is 2.55. The first kappa shape index (κ1) is 18.4. The monoisotopic (exact) mass is 333 g/mol. The van der Waals surface area contributed by atoms with E-state index in [1.807, 2.05) is 0 Å². The topological polar surface area (TPSA) is 117 Å². The summed E-state index contributed by atoms with van der Waals surface area (Å²) in [6.07, 6.45) is 0.862. The molecule has 22 heavy (non-hydrogen) atoms. The molecule has 8 nitrogen and oxygen atoms in total. The lowest BCUT2D eigenvalue weighted by atomic mass is 10.0. The van der Waals surface area contributed by atoms with Gasteiger partial charge in [0.25, 0.3) is 0 Å². The number of carboxylic acid groups (broad SMARTS) is 1. The maximum absolute atomic E-state index is 11.5. The van der Waals surface area contributed by atoms with Gasteiger partial charge in [-0.05, 0) is 19.3 Å². The number of carboxylic acids is 1. The molecule has 2 amide bonds. The van der Waals surface area contributed by atoms with Gasteiger partial charge in [-0.25, -0.2) is 9.59 Å². The number of nitrogens with one attached hydrogen (secondary N) is 2. The average Bonchev–Trinajstić information content (AvgIpc) is 2.85. The number of aliphatic carboxylic acids is 1. The van der Waals surface area contributed by atoms with Crippen molar-refractivity contribution in [1.29, 1.82) is 0 Å². The molecular weight excluding hydrogens is 312 g/mol. The molecule has 0 aromatic carbocycles. The molecule has 0 bridgehead atoms. The van der Waals surface area contributed by atoms with Crippen LogP contribution in [0, 0.1) is 0 Å². The van der Waals surface area contributed by atoms with Crippen LogP contribution in [0.4, 0.5) is 9.59 Å². The van der Waals surface area contributed by atoms with E-state index in [4.69, 9.17) is 0 Å². The molecule has 0 aliphatic carbocycles. The first-order chi connectivity index (χ1) is 10.5. The summed E-state index contributed by atoms with van der Waals surface area (Å²) in [6.45, 7) is 0. The summed E-state index contributed by atoms with van der Waals surface area (Å²) in [6, 6.07) is -0.554. The summed E-state index contributed by atoms with van der Waals surface area (Å²) in [5.74, 6) is -0.428. The van der Waals surface area contributed by atoms with E-state index in [1.165, 1.54) is 14.2 Å². The lowest BCUT2D eigenvalue weighted by Crippen LogP contribution is -2.53. The minimum absolute atomic E-state index is 0.0241. The SMILES string of the molecule is COC(=O)NC1CSC(CCCCC(=O)[O-])C1NC(=O)OC. The predicted octanol–water partition coefficient (Wildman–Crippen LogP) is -0.139. The van der Waals surface area contributed by atoms with Gasteiger partial charge in [0.1, 0.15) is 0 Å². The summed E-state index contributed by atoms with van der Waals surface area (Å²) < 4.78 is 9.18. The van der Waals surface area contributed by atoms with Crippen LogP contribution < -0.4 is 15.7 Å². The Morgan fingerprint density at radius 3 is 2.36 bits per heavy atom. The van der Waals surface area contributed by atoms with E-state index in [-0.39, 0.29) is 23.8 Å². The molecule has 0 aromatic heterocycles. The molecule has 1 aliphatic heterocycles. The Morgan fingerprint density at radius 1 is 1.14 bits per heavy atom. The number of hydrogen-bond donors (Lipinski definition) is 2. The summed E-state index contributed by atoms with van der Waals surface area (Å²) in [5.41, 5.74) is 0. The van der Waals surface area contributed by atoms with E-state index in [9.17, 15) is 19.5 Å². The second-order valence-electron chi connectivity index (χ2n) is 4.89. The largest absolute Gasteiger partial charge is 0.550 e. The lowest BCUT2D eigenvalue weighted by molar-refractivity contribution is -0.305. The molecule has 1 fully saturated rings. The number of rotatable bonds is 7. The number of methoxy groups -OCH3 is 2. The van der Waals surface area contributed by atoms with Crippen LogP contribution >= 0.6 is 11.8 Å².